The molecule has 2 unspecified atom stereocenters. The van der Waals surface area contributed by atoms with Crippen molar-refractivity contribution in [3.05, 3.63) is 34.9 Å². The number of nitrogens with zero attached hydrogens (tertiary/aromatic N) is 1. The zero-order valence-corrected chi connectivity index (χ0v) is 12.8. The third kappa shape index (κ3) is 3.92. The van der Waals surface area contributed by atoms with E-state index in [4.69, 9.17) is 11.6 Å². The van der Waals surface area contributed by atoms with E-state index < -0.39 is 25.2 Å². The molecule has 0 bridgehead atoms. The first-order chi connectivity index (χ1) is 9.88. The van der Waals surface area contributed by atoms with E-state index in [2.05, 4.69) is 5.32 Å². The second-order valence-corrected chi connectivity index (χ2v) is 6.12. The van der Waals surface area contributed by atoms with Crippen LogP contribution in [0.5, 0.6) is 0 Å². The average Bonchev–Trinajstić information content (AvgIpc) is 2.68. The minimum absolute atomic E-state index is 0.260. The van der Waals surface area contributed by atoms with Crippen LogP contribution in [0.15, 0.2) is 24.3 Å². The molecule has 0 radical (unpaired) electrons. The van der Waals surface area contributed by atoms with E-state index in [1.807, 2.05) is 13.8 Å². The minimum atomic E-state index is -2.55. The highest BCUT2D eigenvalue weighted by Gasteiger charge is 2.40. The third-order valence-electron chi connectivity index (χ3n) is 3.48. The fourth-order valence-electron chi connectivity index (χ4n) is 2.58. The lowest BCUT2D eigenvalue weighted by atomic mass is 10.0. The zero-order chi connectivity index (χ0) is 15.6. The Morgan fingerprint density at radius 2 is 1.90 bits per heavy atom. The van der Waals surface area contributed by atoms with Crippen LogP contribution in [0, 0.1) is 5.92 Å². The summed E-state index contributed by atoms with van der Waals surface area (Å²) in [5.74, 6) is 0.0489. The van der Waals surface area contributed by atoms with Gasteiger partial charge in [0.1, 0.15) is 6.17 Å². The van der Waals surface area contributed by atoms with Crippen LogP contribution in [0.1, 0.15) is 32.0 Å². The molecule has 1 saturated heterocycles. The van der Waals surface area contributed by atoms with Gasteiger partial charge < -0.3 is 4.90 Å². The topological polar surface area (TPSA) is 32.3 Å². The quantitative estimate of drug-likeness (QED) is 0.902. The Morgan fingerprint density at radius 3 is 2.43 bits per heavy atom. The molecule has 1 aromatic carbocycles. The zero-order valence-electron chi connectivity index (χ0n) is 12.0. The lowest BCUT2D eigenvalue weighted by Crippen LogP contribution is -2.35. The summed E-state index contributed by atoms with van der Waals surface area (Å²) in [5.41, 5.74) is 0.764. The van der Waals surface area contributed by atoms with Gasteiger partial charge in [-0.05, 0) is 30.0 Å². The van der Waals surface area contributed by atoms with Crippen LogP contribution < -0.4 is 5.32 Å². The van der Waals surface area contributed by atoms with Crippen LogP contribution in [0.3, 0.4) is 0 Å². The molecular formula is C15H19ClF2N2O. The van der Waals surface area contributed by atoms with Crippen LogP contribution in [0.2, 0.25) is 5.02 Å². The second kappa shape index (κ2) is 6.71. The summed E-state index contributed by atoms with van der Waals surface area (Å²) >= 11 is 5.84. The number of nitrogens with one attached hydrogen (secondary N) is 1. The van der Waals surface area contributed by atoms with Gasteiger partial charge in [0.05, 0.1) is 12.6 Å². The van der Waals surface area contributed by atoms with Crippen molar-refractivity contribution in [1.82, 2.24) is 10.2 Å². The molecule has 1 aliphatic heterocycles. The standard InChI is InChI=1S/C15H19ClF2N2O/c1-9(2)7-12-15(21)20(8-13(17)18)14(19-12)10-3-5-11(16)6-4-10/h3-6,9,12-14,19H,7-8H2,1-2H3. The number of carbonyl (C=O) groups excluding carboxylic acids is 1. The molecule has 1 aliphatic rings. The Kier molecular flexibility index (Phi) is 5.17. The van der Waals surface area contributed by atoms with Crippen molar-refractivity contribution in [1.29, 1.82) is 0 Å². The average molecular weight is 317 g/mol. The van der Waals surface area contributed by atoms with E-state index in [1.165, 1.54) is 4.90 Å². The molecule has 0 aromatic heterocycles. The molecular weight excluding hydrogens is 298 g/mol. The molecule has 1 fully saturated rings. The Labute approximate surface area is 128 Å². The van der Waals surface area contributed by atoms with Gasteiger partial charge in [0, 0.05) is 5.02 Å². The number of rotatable bonds is 5. The molecule has 1 heterocycles. The van der Waals surface area contributed by atoms with Crippen LogP contribution in [-0.2, 0) is 4.79 Å². The maximum atomic E-state index is 12.8. The van der Waals surface area contributed by atoms with Gasteiger partial charge in [-0.25, -0.2) is 8.78 Å². The van der Waals surface area contributed by atoms with Crippen molar-refractivity contribution in [3.63, 3.8) is 0 Å². The Morgan fingerprint density at radius 1 is 1.29 bits per heavy atom. The summed E-state index contributed by atoms with van der Waals surface area (Å²) in [4.78, 5) is 13.6. The molecule has 6 heteroatoms. The highest BCUT2D eigenvalue weighted by Crippen LogP contribution is 2.29. The van der Waals surface area contributed by atoms with Gasteiger partial charge in [-0.15, -0.1) is 0 Å². The van der Waals surface area contributed by atoms with E-state index in [-0.39, 0.29) is 5.91 Å². The molecule has 1 N–H and O–H groups in total. The molecule has 3 nitrogen and oxygen atoms in total. The molecule has 116 valence electrons. The number of alkyl halides is 2. The van der Waals surface area contributed by atoms with Crippen molar-refractivity contribution in [2.75, 3.05) is 6.54 Å². The molecule has 21 heavy (non-hydrogen) atoms. The van der Waals surface area contributed by atoms with Crippen molar-refractivity contribution in [2.45, 2.75) is 38.9 Å². The van der Waals surface area contributed by atoms with E-state index in [0.29, 0.717) is 17.4 Å². The maximum Gasteiger partial charge on any atom is 0.255 e. The highest BCUT2D eigenvalue weighted by molar-refractivity contribution is 6.30. The predicted molar refractivity (Wildman–Crippen MR) is 78.3 cm³/mol. The second-order valence-electron chi connectivity index (χ2n) is 5.68. The van der Waals surface area contributed by atoms with Crippen molar-refractivity contribution < 1.29 is 13.6 Å². The third-order valence-corrected chi connectivity index (χ3v) is 3.73. The summed E-state index contributed by atoms with van der Waals surface area (Å²) in [6.45, 7) is 3.44. The lowest BCUT2D eigenvalue weighted by Gasteiger charge is -2.24. The SMILES string of the molecule is CC(C)CC1NC(c2ccc(Cl)cc2)N(CC(F)F)C1=O. The Balaban J connectivity index is 2.23. The first-order valence-electron chi connectivity index (χ1n) is 6.98. The van der Waals surface area contributed by atoms with E-state index in [9.17, 15) is 13.6 Å². The summed E-state index contributed by atoms with van der Waals surface area (Å²) in [6, 6.07) is 6.48. The van der Waals surface area contributed by atoms with Gasteiger partial charge in [0.25, 0.3) is 6.43 Å². The highest BCUT2D eigenvalue weighted by atomic mass is 35.5. The molecule has 1 amide bonds. The fraction of sp³-hybridized carbons (Fsp3) is 0.533. The van der Waals surface area contributed by atoms with Crippen molar-refractivity contribution in [2.24, 2.45) is 5.92 Å². The molecule has 2 rings (SSSR count). The van der Waals surface area contributed by atoms with Gasteiger partial charge >= 0.3 is 0 Å². The van der Waals surface area contributed by atoms with Gasteiger partial charge in [0.2, 0.25) is 5.91 Å². The normalized spacial score (nSPS) is 22.6. The lowest BCUT2D eigenvalue weighted by molar-refractivity contribution is -0.132. The van der Waals surface area contributed by atoms with Crippen molar-refractivity contribution in [3.8, 4) is 0 Å². The summed E-state index contributed by atoms with van der Waals surface area (Å²) in [7, 11) is 0. The molecule has 0 aliphatic carbocycles. The number of hydrogen-bond acceptors (Lipinski definition) is 2. The van der Waals surface area contributed by atoms with Crippen LogP contribution in [-0.4, -0.2) is 29.8 Å². The van der Waals surface area contributed by atoms with E-state index >= 15 is 0 Å². The predicted octanol–water partition coefficient (Wildman–Crippen LogP) is 3.45. The maximum absolute atomic E-state index is 12.8. The summed E-state index contributed by atoms with van der Waals surface area (Å²) in [5, 5.41) is 3.73. The van der Waals surface area contributed by atoms with Gasteiger partial charge in [-0.2, -0.15) is 0 Å². The van der Waals surface area contributed by atoms with Crippen LogP contribution in [0.4, 0.5) is 8.78 Å². The first kappa shape index (κ1) is 16.2. The van der Waals surface area contributed by atoms with Crippen LogP contribution >= 0.6 is 11.6 Å². The van der Waals surface area contributed by atoms with E-state index in [0.717, 1.165) is 5.56 Å². The number of carbonyl (C=O) groups is 1. The van der Waals surface area contributed by atoms with Crippen LogP contribution in [0.25, 0.3) is 0 Å². The molecule has 0 saturated carbocycles. The smallest absolute Gasteiger partial charge is 0.255 e. The van der Waals surface area contributed by atoms with Gasteiger partial charge in [0.15, 0.2) is 0 Å². The summed E-state index contributed by atoms with van der Waals surface area (Å²) < 4.78 is 25.5. The first-order valence-corrected chi connectivity index (χ1v) is 7.36. The van der Waals surface area contributed by atoms with E-state index in [1.54, 1.807) is 24.3 Å². The van der Waals surface area contributed by atoms with Crippen molar-refractivity contribution >= 4 is 17.5 Å². The Bertz CT molecular complexity index is 493. The molecule has 2 atom stereocenters. The largest absolute Gasteiger partial charge is 0.316 e. The number of amides is 1. The Hall–Kier alpha value is -1.20. The summed E-state index contributed by atoms with van der Waals surface area (Å²) in [6.07, 6.45) is -2.45. The van der Waals surface area contributed by atoms with Gasteiger partial charge in [-0.1, -0.05) is 37.6 Å². The number of hydrogen-bond donors (Lipinski definition) is 1. The monoisotopic (exact) mass is 316 g/mol. The molecule has 1 aromatic rings. The van der Waals surface area contributed by atoms with Gasteiger partial charge in [-0.3, -0.25) is 10.1 Å². The number of benzene rings is 1. The minimum Gasteiger partial charge on any atom is -0.316 e. The molecule has 0 spiro atoms. The number of halogens is 3. The fourth-order valence-corrected chi connectivity index (χ4v) is 2.71.